The van der Waals surface area contributed by atoms with E-state index in [0.29, 0.717) is 5.69 Å². The topological polar surface area (TPSA) is 92.9 Å². The zero-order chi connectivity index (χ0) is 15.6. The molecule has 7 heteroatoms. The van der Waals surface area contributed by atoms with E-state index in [9.17, 15) is 14.4 Å². The van der Waals surface area contributed by atoms with Crippen molar-refractivity contribution in [1.82, 2.24) is 5.06 Å². The molecule has 0 spiro atoms. The van der Waals surface area contributed by atoms with Crippen LogP contribution in [0.1, 0.15) is 5.56 Å². The van der Waals surface area contributed by atoms with Gasteiger partial charge in [0, 0.05) is 12.7 Å². The molecule has 1 aliphatic rings. The van der Waals surface area contributed by atoms with Crippen LogP contribution in [0.5, 0.6) is 0 Å². The van der Waals surface area contributed by atoms with E-state index in [-0.39, 0.29) is 13.0 Å². The minimum Gasteiger partial charge on any atom is -0.369 e. The molecule has 3 amide bonds. The van der Waals surface area contributed by atoms with Crippen LogP contribution in [0.4, 0.5) is 5.69 Å². The van der Waals surface area contributed by atoms with Gasteiger partial charge in [0.1, 0.15) is 12.5 Å². The van der Waals surface area contributed by atoms with Gasteiger partial charge in [-0.25, -0.2) is 5.06 Å². The fourth-order valence-corrected chi connectivity index (χ4v) is 2.28. The van der Waals surface area contributed by atoms with E-state index < -0.39 is 23.6 Å². The molecule has 2 N–H and O–H groups in total. The largest absolute Gasteiger partial charge is 0.369 e. The summed E-state index contributed by atoms with van der Waals surface area (Å²) in [5, 5.41) is 1.03. The van der Waals surface area contributed by atoms with E-state index in [0.717, 1.165) is 10.6 Å². The second kappa shape index (κ2) is 5.92. The number of hydroxylamine groups is 2. The maximum atomic E-state index is 12.4. The molecule has 0 radical (unpaired) electrons. The highest BCUT2D eigenvalue weighted by molar-refractivity contribution is 6.11. The highest BCUT2D eigenvalue weighted by atomic mass is 16.7. The Morgan fingerprint density at radius 2 is 2.10 bits per heavy atom. The number of carbonyl (C=O) groups excluding carboxylic acids is 3. The van der Waals surface area contributed by atoms with E-state index in [4.69, 9.17) is 10.6 Å². The van der Waals surface area contributed by atoms with Gasteiger partial charge in [-0.15, -0.1) is 0 Å². The summed E-state index contributed by atoms with van der Waals surface area (Å²) >= 11 is 0. The van der Waals surface area contributed by atoms with Gasteiger partial charge in [0.25, 0.3) is 5.91 Å². The molecule has 1 aromatic carbocycles. The quantitative estimate of drug-likeness (QED) is 0.608. The molecule has 1 aliphatic heterocycles. The number of para-hydroxylation sites is 1. The molecular formula is C14H17N3O4. The van der Waals surface area contributed by atoms with Crippen LogP contribution in [0.15, 0.2) is 24.3 Å². The Bertz CT molecular complexity index is 587. The lowest BCUT2D eigenvalue weighted by atomic mass is 9.91. The first-order valence-electron chi connectivity index (χ1n) is 6.45. The van der Waals surface area contributed by atoms with Crippen LogP contribution in [-0.2, 0) is 25.6 Å². The van der Waals surface area contributed by atoms with Crippen molar-refractivity contribution < 1.29 is 19.2 Å². The molecule has 1 heterocycles. The minimum atomic E-state index is -0.944. The zero-order valence-electron chi connectivity index (χ0n) is 11.9. The Balaban J connectivity index is 2.35. The van der Waals surface area contributed by atoms with Crippen LogP contribution < -0.4 is 10.6 Å². The van der Waals surface area contributed by atoms with Gasteiger partial charge in [0.2, 0.25) is 11.8 Å². The normalized spacial score (nSPS) is 17.3. The fourth-order valence-electron chi connectivity index (χ4n) is 2.28. The summed E-state index contributed by atoms with van der Waals surface area (Å²) in [6, 6.07) is 7.14. The number of hydrogen-bond acceptors (Lipinski definition) is 4. The predicted octanol–water partition coefficient (Wildman–Crippen LogP) is -0.303. The molecule has 0 fully saturated rings. The number of hydrogen-bond donors (Lipinski definition) is 1. The van der Waals surface area contributed by atoms with Crippen LogP contribution in [0.2, 0.25) is 0 Å². The maximum Gasteiger partial charge on any atom is 0.265 e. The number of benzene rings is 1. The van der Waals surface area contributed by atoms with Gasteiger partial charge in [0.05, 0.1) is 7.11 Å². The highest BCUT2D eigenvalue weighted by Gasteiger charge is 2.37. The molecule has 7 nitrogen and oxygen atoms in total. The summed E-state index contributed by atoms with van der Waals surface area (Å²) in [6.45, 7) is -0.204. The van der Waals surface area contributed by atoms with Crippen LogP contribution in [0, 0.1) is 5.92 Å². The monoisotopic (exact) mass is 291 g/mol. The number of anilines is 1. The van der Waals surface area contributed by atoms with Crippen molar-refractivity contribution in [3.8, 4) is 0 Å². The van der Waals surface area contributed by atoms with Crippen LogP contribution in [0.3, 0.4) is 0 Å². The molecule has 2 rings (SSSR count). The molecule has 1 atom stereocenters. The van der Waals surface area contributed by atoms with Gasteiger partial charge >= 0.3 is 0 Å². The number of amides is 3. The number of carbonyl (C=O) groups is 3. The van der Waals surface area contributed by atoms with Crippen LogP contribution in [-0.4, -0.2) is 43.5 Å². The third-order valence-corrected chi connectivity index (χ3v) is 3.53. The van der Waals surface area contributed by atoms with Crippen molar-refractivity contribution in [2.45, 2.75) is 6.42 Å². The molecule has 0 aliphatic carbocycles. The zero-order valence-corrected chi connectivity index (χ0v) is 11.9. The third-order valence-electron chi connectivity index (χ3n) is 3.53. The molecule has 1 unspecified atom stereocenters. The average Bonchev–Trinajstić information content (AvgIpc) is 2.48. The first-order chi connectivity index (χ1) is 9.95. The number of fused-ring (bicyclic) bond motifs is 1. The Hall–Kier alpha value is -2.41. The van der Waals surface area contributed by atoms with Crippen molar-refractivity contribution in [3.05, 3.63) is 29.8 Å². The lowest BCUT2D eigenvalue weighted by Crippen LogP contribution is -2.50. The second-order valence-electron chi connectivity index (χ2n) is 4.79. The lowest BCUT2D eigenvalue weighted by Gasteiger charge is -2.33. The smallest absolute Gasteiger partial charge is 0.265 e. The SMILES string of the molecule is CON(C)C(=O)CN1C(=O)C(C(N)=O)Cc2ccccc21. The van der Waals surface area contributed by atoms with Crippen molar-refractivity contribution >= 4 is 23.4 Å². The van der Waals surface area contributed by atoms with Gasteiger partial charge in [0.15, 0.2) is 0 Å². The number of nitrogens with two attached hydrogens (primary N) is 1. The first-order valence-corrected chi connectivity index (χ1v) is 6.45. The number of likely N-dealkylation sites (N-methyl/N-ethyl adjacent to an activating group) is 1. The maximum absolute atomic E-state index is 12.4. The van der Waals surface area contributed by atoms with Crippen molar-refractivity contribution in [1.29, 1.82) is 0 Å². The summed E-state index contributed by atoms with van der Waals surface area (Å²) in [7, 11) is 2.81. The van der Waals surface area contributed by atoms with E-state index in [1.54, 1.807) is 12.1 Å². The summed E-state index contributed by atoms with van der Waals surface area (Å²) in [4.78, 5) is 41.9. The molecule has 0 saturated heterocycles. The third kappa shape index (κ3) is 2.87. The molecule has 1 aromatic rings. The van der Waals surface area contributed by atoms with E-state index in [1.165, 1.54) is 19.1 Å². The van der Waals surface area contributed by atoms with Crippen LogP contribution in [0.25, 0.3) is 0 Å². The van der Waals surface area contributed by atoms with Crippen molar-refractivity contribution in [2.75, 3.05) is 25.6 Å². The number of primary amides is 1. The Labute approximate surface area is 122 Å². The van der Waals surface area contributed by atoms with Gasteiger partial charge in [-0.2, -0.15) is 0 Å². The van der Waals surface area contributed by atoms with E-state index in [1.807, 2.05) is 12.1 Å². The fraction of sp³-hybridized carbons (Fsp3) is 0.357. The highest BCUT2D eigenvalue weighted by Crippen LogP contribution is 2.30. The van der Waals surface area contributed by atoms with Gasteiger partial charge in [-0.3, -0.25) is 19.2 Å². The van der Waals surface area contributed by atoms with Gasteiger partial charge in [-0.05, 0) is 18.1 Å². The molecule has 0 saturated carbocycles. The minimum absolute atomic E-state index is 0.204. The van der Waals surface area contributed by atoms with Gasteiger partial charge in [-0.1, -0.05) is 18.2 Å². The molecule has 112 valence electrons. The molecule has 0 aromatic heterocycles. The molecule has 0 bridgehead atoms. The Morgan fingerprint density at radius 3 is 2.71 bits per heavy atom. The molecular weight excluding hydrogens is 274 g/mol. The summed E-state index contributed by atoms with van der Waals surface area (Å²) in [6.07, 6.45) is 0.259. The number of rotatable bonds is 4. The molecule has 21 heavy (non-hydrogen) atoms. The summed E-state index contributed by atoms with van der Waals surface area (Å²) in [5.74, 6) is -2.49. The summed E-state index contributed by atoms with van der Waals surface area (Å²) < 4.78 is 0. The standard InChI is InChI=1S/C14H17N3O4/c1-16(21-2)12(18)8-17-11-6-4-3-5-9(11)7-10(13(15)19)14(17)20/h3-6,10H,7-8H2,1-2H3,(H2,15,19). The van der Waals surface area contributed by atoms with Crippen molar-refractivity contribution in [2.24, 2.45) is 11.7 Å². The van der Waals surface area contributed by atoms with E-state index in [2.05, 4.69) is 0 Å². The summed E-state index contributed by atoms with van der Waals surface area (Å²) in [5.41, 5.74) is 6.72. The number of nitrogens with zero attached hydrogens (tertiary/aromatic N) is 2. The second-order valence-corrected chi connectivity index (χ2v) is 4.79. The van der Waals surface area contributed by atoms with E-state index >= 15 is 0 Å². The lowest BCUT2D eigenvalue weighted by molar-refractivity contribution is -0.167. The Kier molecular flexibility index (Phi) is 4.23. The average molecular weight is 291 g/mol. The van der Waals surface area contributed by atoms with Crippen LogP contribution >= 0.6 is 0 Å². The van der Waals surface area contributed by atoms with Gasteiger partial charge < -0.3 is 10.6 Å². The first kappa shape index (κ1) is 15.0. The predicted molar refractivity (Wildman–Crippen MR) is 75.0 cm³/mol. The van der Waals surface area contributed by atoms with Crippen molar-refractivity contribution in [3.63, 3.8) is 0 Å². The Morgan fingerprint density at radius 1 is 1.43 bits per heavy atom.